The first-order chi connectivity index (χ1) is 9.83. The second-order valence-electron chi connectivity index (χ2n) is 4.54. The van der Waals surface area contributed by atoms with Crippen molar-refractivity contribution in [1.82, 2.24) is 0 Å². The molecule has 2 N–H and O–H groups in total. The molecule has 2 rings (SSSR count). The molecule has 2 aromatic carbocycles. The third-order valence-electron chi connectivity index (χ3n) is 2.69. The van der Waals surface area contributed by atoms with Crippen LogP contribution in [0.4, 0.5) is 15.8 Å². The van der Waals surface area contributed by atoms with Crippen LogP contribution < -0.4 is 10.0 Å². The number of rotatable bonds is 5. The van der Waals surface area contributed by atoms with Crippen LogP contribution in [-0.2, 0) is 16.6 Å². The van der Waals surface area contributed by atoms with Gasteiger partial charge in [-0.15, -0.1) is 0 Å². The Morgan fingerprint density at radius 2 is 1.71 bits per heavy atom. The molecule has 0 spiro atoms. The fraction of sp³-hybridized carbons (Fsp3) is 0.143. The van der Waals surface area contributed by atoms with Crippen LogP contribution in [0.3, 0.4) is 0 Å². The van der Waals surface area contributed by atoms with Gasteiger partial charge in [0, 0.05) is 28.0 Å². The third-order valence-corrected chi connectivity index (χ3v) is 3.79. The molecule has 0 bridgehead atoms. The first-order valence-corrected chi connectivity index (χ1v) is 8.77. The quantitative estimate of drug-likeness (QED) is 0.843. The van der Waals surface area contributed by atoms with Crippen LogP contribution in [0.2, 0.25) is 0 Å². The van der Waals surface area contributed by atoms with Crippen molar-refractivity contribution in [2.45, 2.75) is 6.54 Å². The third kappa shape index (κ3) is 5.02. The maximum atomic E-state index is 13.7. The molecule has 0 aliphatic rings. The summed E-state index contributed by atoms with van der Waals surface area (Å²) < 4.78 is 38.9. The summed E-state index contributed by atoms with van der Waals surface area (Å²) in [4.78, 5) is 0. The number of sulfonamides is 1. The molecule has 0 radical (unpaired) electrons. The number of hydrogen-bond donors (Lipinski definition) is 2. The Morgan fingerprint density at radius 3 is 2.29 bits per heavy atom. The highest BCUT2D eigenvalue weighted by Crippen LogP contribution is 2.18. The van der Waals surface area contributed by atoms with Crippen molar-refractivity contribution in [3.05, 3.63) is 58.3 Å². The Labute approximate surface area is 131 Å². The van der Waals surface area contributed by atoms with Crippen LogP contribution >= 0.6 is 15.9 Å². The van der Waals surface area contributed by atoms with Crippen LogP contribution in [0, 0.1) is 5.82 Å². The van der Waals surface area contributed by atoms with Crippen molar-refractivity contribution in [3.8, 4) is 0 Å². The Bertz CT molecular complexity index is 733. The van der Waals surface area contributed by atoms with Crippen LogP contribution in [0.1, 0.15) is 5.56 Å². The van der Waals surface area contributed by atoms with E-state index in [0.29, 0.717) is 22.3 Å². The summed E-state index contributed by atoms with van der Waals surface area (Å²) in [6, 6.07) is 11.6. The maximum absolute atomic E-state index is 13.7. The Hall–Kier alpha value is -1.60. The maximum Gasteiger partial charge on any atom is 0.229 e. The van der Waals surface area contributed by atoms with E-state index in [0.717, 1.165) is 11.9 Å². The van der Waals surface area contributed by atoms with Crippen molar-refractivity contribution < 1.29 is 12.8 Å². The number of nitrogens with one attached hydrogen (secondary N) is 2. The molecule has 112 valence electrons. The van der Waals surface area contributed by atoms with Crippen molar-refractivity contribution in [1.29, 1.82) is 0 Å². The van der Waals surface area contributed by atoms with Gasteiger partial charge in [0.05, 0.1) is 6.26 Å². The summed E-state index contributed by atoms with van der Waals surface area (Å²) in [7, 11) is -3.28. The molecule has 0 amide bonds. The van der Waals surface area contributed by atoms with E-state index in [2.05, 4.69) is 26.0 Å². The summed E-state index contributed by atoms with van der Waals surface area (Å²) in [5, 5.41) is 3.08. The largest absolute Gasteiger partial charge is 0.381 e. The fourth-order valence-electron chi connectivity index (χ4n) is 1.73. The van der Waals surface area contributed by atoms with E-state index in [4.69, 9.17) is 0 Å². The van der Waals surface area contributed by atoms with Gasteiger partial charge in [-0.25, -0.2) is 12.8 Å². The van der Waals surface area contributed by atoms with Gasteiger partial charge in [0.2, 0.25) is 10.0 Å². The molecule has 0 atom stereocenters. The Morgan fingerprint density at radius 1 is 1.10 bits per heavy atom. The molecule has 4 nitrogen and oxygen atoms in total. The van der Waals surface area contributed by atoms with E-state index < -0.39 is 10.0 Å². The molecule has 2 aromatic rings. The van der Waals surface area contributed by atoms with E-state index in [9.17, 15) is 12.8 Å². The van der Waals surface area contributed by atoms with E-state index in [-0.39, 0.29) is 5.82 Å². The average Bonchev–Trinajstić information content (AvgIpc) is 2.38. The average molecular weight is 373 g/mol. The van der Waals surface area contributed by atoms with Crippen LogP contribution in [-0.4, -0.2) is 14.7 Å². The monoisotopic (exact) mass is 372 g/mol. The standard InChI is InChI=1S/C14H14BrFN2O2S/c1-21(19,20)18-13-6-4-12(5-7-13)17-9-10-2-3-11(15)8-14(10)16/h2-8,17-18H,9H2,1H3. The highest BCUT2D eigenvalue weighted by molar-refractivity contribution is 9.10. The van der Waals surface area contributed by atoms with Gasteiger partial charge in [0.1, 0.15) is 5.82 Å². The molecule has 0 unspecified atom stereocenters. The van der Waals surface area contributed by atoms with Crippen molar-refractivity contribution in [2.24, 2.45) is 0 Å². The summed E-state index contributed by atoms with van der Waals surface area (Å²) in [6.07, 6.45) is 1.09. The molecule has 0 aliphatic carbocycles. The Kier molecular flexibility index (Phi) is 4.84. The van der Waals surface area contributed by atoms with E-state index >= 15 is 0 Å². The lowest BCUT2D eigenvalue weighted by molar-refractivity contribution is 0.606. The zero-order chi connectivity index (χ0) is 15.5. The SMILES string of the molecule is CS(=O)(=O)Nc1ccc(NCc2ccc(Br)cc2F)cc1. The number of anilines is 2. The summed E-state index contributed by atoms with van der Waals surface area (Å²) in [6.45, 7) is 0.345. The first-order valence-electron chi connectivity index (χ1n) is 6.09. The molecule has 0 saturated carbocycles. The summed E-state index contributed by atoms with van der Waals surface area (Å²) >= 11 is 3.21. The lowest BCUT2D eigenvalue weighted by atomic mass is 10.2. The molecule has 0 aliphatic heterocycles. The summed E-state index contributed by atoms with van der Waals surface area (Å²) in [5.74, 6) is -0.285. The molecule has 0 fully saturated rings. The predicted octanol–water partition coefficient (Wildman–Crippen LogP) is 3.57. The number of hydrogen-bond acceptors (Lipinski definition) is 3. The van der Waals surface area contributed by atoms with E-state index in [1.165, 1.54) is 6.07 Å². The lowest BCUT2D eigenvalue weighted by Crippen LogP contribution is -2.09. The van der Waals surface area contributed by atoms with Crippen molar-refractivity contribution in [3.63, 3.8) is 0 Å². The van der Waals surface area contributed by atoms with E-state index in [1.54, 1.807) is 36.4 Å². The zero-order valence-corrected chi connectivity index (χ0v) is 13.6. The molecule has 0 saturated heterocycles. The zero-order valence-electron chi connectivity index (χ0n) is 11.2. The molecule has 7 heteroatoms. The minimum atomic E-state index is -3.28. The van der Waals surface area contributed by atoms with Gasteiger partial charge in [-0.1, -0.05) is 22.0 Å². The molecular weight excluding hydrogens is 359 g/mol. The molecule has 0 heterocycles. The number of benzene rings is 2. The molecular formula is C14H14BrFN2O2S. The molecule has 21 heavy (non-hydrogen) atoms. The van der Waals surface area contributed by atoms with Crippen molar-refractivity contribution >= 4 is 37.3 Å². The van der Waals surface area contributed by atoms with Gasteiger partial charge in [-0.2, -0.15) is 0 Å². The minimum absolute atomic E-state index is 0.285. The second kappa shape index (κ2) is 6.44. The van der Waals surface area contributed by atoms with Crippen molar-refractivity contribution in [2.75, 3.05) is 16.3 Å². The van der Waals surface area contributed by atoms with E-state index in [1.807, 2.05) is 0 Å². The van der Waals surface area contributed by atoms with Gasteiger partial charge >= 0.3 is 0 Å². The highest BCUT2D eigenvalue weighted by Gasteiger charge is 2.04. The topological polar surface area (TPSA) is 58.2 Å². The van der Waals surface area contributed by atoms with Gasteiger partial charge < -0.3 is 5.32 Å². The normalized spacial score (nSPS) is 11.2. The lowest BCUT2D eigenvalue weighted by Gasteiger charge is -2.09. The number of halogens is 2. The predicted molar refractivity (Wildman–Crippen MR) is 86.3 cm³/mol. The minimum Gasteiger partial charge on any atom is -0.381 e. The first kappa shape index (κ1) is 15.8. The fourth-order valence-corrected chi connectivity index (χ4v) is 2.63. The van der Waals surface area contributed by atoms with Gasteiger partial charge in [0.25, 0.3) is 0 Å². The second-order valence-corrected chi connectivity index (χ2v) is 7.20. The van der Waals surface area contributed by atoms with Gasteiger partial charge in [-0.05, 0) is 36.4 Å². The molecule has 0 aromatic heterocycles. The van der Waals surface area contributed by atoms with Gasteiger partial charge in [-0.3, -0.25) is 4.72 Å². The smallest absolute Gasteiger partial charge is 0.229 e. The van der Waals surface area contributed by atoms with Crippen LogP contribution in [0.15, 0.2) is 46.9 Å². The van der Waals surface area contributed by atoms with Crippen LogP contribution in [0.5, 0.6) is 0 Å². The van der Waals surface area contributed by atoms with Gasteiger partial charge in [0.15, 0.2) is 0 Å². The highest BCUT2D eigenvalue weighted by atomic mass is 79.9. The Balaban J connectivity index is 2.00. The summed E-state index contributed by atoms with van der Waals surface area (Å²) in [5.41, 5.74) is 1.81. The van der Waals surface area contributed by atoms with Crippen LogP contribution in [0.25, 0.3) is 0 Å².